The summed E-state index contributed by atoms with van der Waals surface area (Å²) < 4.78 is 29.4. The molecule has 192 valence electrons. The van der Waals surface area contributed by atoms with E-state index in [0.717, 1.165) is 53.4 Å². The average molecular weight is 559 g/mol. The number of sulfonamides is 1. The van der Waals surface area contributed by atoms with Crippen LogP contribution in [-0.4, -0.2) is 74.8 Å². The second-order valence-electron chi connectivity index (χ2n) is 8.89. The minimum atomic E-state index is -3.87. The molecule has 2 fully saturated rings. The van der Waals surface area contributed by atoms with Crippen molar-refractivity contribution < 1.29 is 18.0 Å². The third kappa shape index (κ3) is 6.44. The Hall–Kier alpha value is -1.50. The van der Waals surface area contributed by atoms with E-state index in [0.29, 0.717) is 30.3 Å². The standard InChI is InChI=1S/C23H31ClN4O4S3/c1-2-11-25-14-16-5-3-13-28(16)21(29)15-27-12-4-6-17(23(27)30)26-35(31,32)22-10-8-19(34-22)18-7-9-20(24)33-18/h7-10,16-17,25-26H,2-6,11-15H2,1H3/t16-,17-/m0/s1. The lowest BCUT2D eigenvalue weighted by Gasteiger charge is -2.34. The minimum absolute atomic E-state index is 0.0103. The SMILES string of the molecule is CCCNC[C@@H]1CCCN1C(=O)CN1CCC[C@H](NS(=O)(=O)c2ccc(-c3ccc(Cl)s3)s2)C1=O. The molecule has 0 radical (unpaired) electrons. The number of nitrogens with zero attached hydrogens (tertiary/aromatic N) is 2. The first-order chi connectivity index (χ1) is 16.8. The smallest absolute Gasteiger partial charge is 0.250 e. The Labute approximate surface area is 219 Å². The molecule has 4 heterocycles. The van der Waals surface area contributed by atoms with E-state index in [9.17, 15) is 18.0 Å². The number of nitrogens with one attached hydrogen (secondary N) is 2. The highest BCUT2D eigenvalue weighted by Crippen LogP contribution is 2.36. The van der Waals surface area contributed by atoms with Crippen molar-refractivity contribution in [1.82, 2.24) is 19.8 Å². The van der Waals surface area contributed by atoms with Gasteiger partial charge in [0.2, 0.25) is 11.8 Å². The number of thiophene rings is 2. The van der Waals surface area contributed by atoms with Gasteiger partial charge in [-0.25, -0.2) is 8.42 Å². The van der Waals surface area contributed by atoms with E-state index in [1.54, 1.807) is 18.2 Å². The summed E-state index contributed by atoms with van der Waals surface area (Å²) in [5.74, 6) is -0.407. The lowest BCUT2D eigenvalue weighted by Crippen LogP contribution is -2.55. The maximum Gasteiger partial charge on any atom is 0.250 e. The Morgan fingerprint density at radius 3 is 2.60 bits per heavy atom. The van der Waals surface area contributed by atoms with Crippen LogP contribution in [-0.2, 0) is 19.6 Å². The number of carbonyl (C=O) groups excluding carboxylic acids is 2. The zero-order valence-electron chi connectivity index (χ0n) is 19.7. The number of amides is 2. The number of halogens is 1. The normalized spacial score (nSPS) is 21.1. The van der Waals surface area contributed by atoms with Crippen LogP contribution in [0.25, 0.3) is 9.75 Å². The van der Waals surface area contributed by atoms with Crippen molar-refractivity contribution in [1.29, 1.82) is 0 Å². The number of carbonyl (C=O) groups is 2. The summed E-state index contributed by atoms with van der Waals surface area (Å²) in [6.07, 6.45) is 4.00. The summed E-state index contributed by atoms with van der Waals surface area (Å²) in [5.41, 5.74) is 0. The molecule has 2 aromatic heterocycles. The van der Waals surface area contributed by atoms with Crippen LogP contribution in [0.15, 0.2) is 28.5 Å². The molecule has 0 bridgehead atoms. The first-order valence-electron chi connectivity index (χ1n) is 12.0. The van der Waals surface area contributed by atoms with Gasteiger partial charge >= 0.3 is 0 Å². The third-order valence-corrected chi connectivity index (χ3v) is 10.8. The van der Waals surface area contributed by atoms with Crippen molar-refractivity contribution >= 4 is 56.1 Å². The highest BCUT2D eigenvalue weighted by atomic mass is 35.5. The van der Waals surface area contributed by atoms with Crippen LogP contribution in [0.5, 0.6) is 0 Å². The first kappa shape index (κ1) is 26.6. The Morgan fingerprint density at radius 1 is 1.11 bits per heavy atom. The zero-order chi connectivity index (χ0) is 25.0. The summed E-state index contributed by atoms with van der Waals surface area (Å²) >= 11 is 8.52. The molecule has 2 aliphatic rings. The fourth-order valence-corrected chi connectivity index (χ4v) is 8.25. The van der Waals surface area contributed by atoms with Gasteiger partial charge in [0.1, 0.15) is 10.3 Å². The van der Waals surface area contributed by atoms with Crippen LogP contribution in [0, 0.1) is 0 Å². The van der Waals surface area contributed by atoms with E-state index in [4.69, 9.17) is 11.6 Å². The van der Waals surface area contributed by atoms with Crippen molar-refractivity contribution in [2.45, 2.75) is 55.3 Å². The van der Waals surface area contributed by atoms with E-state index in [-0.39, 0.29) is 28.6 Å². The van der Waals surface area contributed by atoms with Crippen LogP contribution in [0.1, 0.15) is 39.0 Å². The molecule has 2 N–H and O–H groups in total. The molecule has 0 aliphatic carbocycles. The summed E-state index contributed by atoms with van der Waals surface area (Å²) in [6, 6.07) is 6.20. The number of likely N-dealkylation sites (tertiary alicyclic amines) is 2. The Balaban J connectivity index is 1.37. The Morgan fingerprint density at radius 2 is 1.86 bits per heavy atom. The predicted octanol–water partition coefficient (Wildman–Crippen LogP) is 3.39. The molecule has 0 unspecified atom stereocenters. The second-order valence-corrected chi connectivity index (χ2v) is 13.6. The molecule has 0 saturated carbocycles. The van der Waals surface area contributed by atoms with Crippen molar-refractivity contribution in [3.63, 3.8) is 0 Å². The van der Waals surface area contributed by atoms with Crippen LogP contribution in [0.3, 0.4) is 0 Å². The molecule has 35 heavy (non-hydrogen) atoms. The number of rotatable bonds is 10. The van der Waals surface area contributed by atoms with Gasteiger partial charge in [0.25, 0.3) is 10.0 Å². The Kier molecular flexibility index (Phi) is 8.88. The molecular formula is C23H31ClN4O4S3. The fraction of sp³-hybridized carbons (Fsp3) is 0.565. The average Bonchev–Trinajstić information content (AvgIpc) is 3.57. The van der Waals surface area contributed by atoms with Crippen LogP contribution >= 0.6 is 34.3 Å². The minimum Gasteiger partial charge on any atom is -0.337 e. The van der Waals surface area contributed by atoms with E-state index in [2.05, 4.69) is 17.0 Å². The van der Waals surface area contributed by atoms with Gasteiger partial charge in [0, 0.05) is 35.4 Å². The van der Waals surface area contributed by atoms with Crippen molar-refractivity contribution in [2.24, 2.45) is 0 Å². The molecule has 2 aliphatic heterocycles. The molecule has 2 amide bonds. The van der Waals surface area contributed by atoms with Gasteiger partial charge in [-0.3, -0.25) is 9.59 Å². The largest absolute Gasteiger partial charge is 0.337 e. The maximum absolute atomic E-state index is 13.1. The van der Waals surface area contributed by atoms with Crippen molar-refractivity contribution in [3.05, 3.63) is 28.6 Å². The van der Waals surface area contributed by atoms with E-state index < -0.39 is 16.1 Å². The lowest BCUT2D eigenvalue weighted by atomic mass is 10.1. The molecular weight excluding hydrogens is 528 g/mol. The molecule has 2 saturated heterocycles. The number of hydrogen-bond donors (Lipinski definition) is 2. The van der Waals surface area contributed by atoms with E-state index in [1.807, 2.05) is 11.0 Å². The molecule has 12 heteroatoms. The highest BCUT2D eigenvalue weighted by Gasteiger charge is 2.36. The summed E-state index contributed by atoms with van der Waals surface area (Å²) in [5, 5.41) is 3.38. The molecule has 2 aromatic rings. The summed E-state index contributed by atoms with van der Waals surface area (Å²) in [7, 11) is -3.87. The van der Waals surface area contributed by atoms with Crippen molar-refractivity contribution in [2.75, 3.05) is 32.7 Å². The van der Waals surface area contributed by atoms with Gasteiger partial charge in [-0.05, 0) is 62.9 Å². The van der Waals surface area contributed by atoms with Gasteiger partial charge in [-0.15, -0.1) is 22.7 Å². The summed E-state index contributed by atoms with van der Waals surface area (Å²) in [4.78, 5) is 31.2. The predicted molar refractivity (Wildman–Crippen MR) is 140 cm³/mol. The second kappa shape index (κ2) is 11.7. The third-order valence-electron chi connectivity index (χ3n) is 6.32. The van der Waals surface area contributed by atoms with Gasteiger partial charge < -0.3 is 15.1 Å². The van der Waals surface area contributed by atoms with Gasteiger partial charge in [-0.2, -0.15) is 4.72 Å². The number of hydrogen-bond acceptors (Lipinski definition) is 7. The first-order valence-corrected chi connectivity index (χ1v) is 15.4. The van der Waals surface area contributed by atoms with Gasteiger partial charge in [-0.1, -0.05) is 18.5 Å². The monoisotopic (exact) mass is 558 g/mol. The highest BCUT2D eigenvalue weighted by molar-refractivity contribution is 7.91. The quantitative estimate of drug-likeness (QED) is 0.436. The molecule has 4 rings (SSSR count). The van der Waals surface area contributed by atoms with Crippen LogP contribution in [0.2, 0.25) is 4.34 Å². The van der Waals surface area contributed by atoms with E-state index in [1.165, 1.54) is 16.2 Å². The maximum atomic E-state index is 13.1. The van der Waals surface area contributed by atoms with Gasteiger partial charge in [0.05, 0.1) is 10.9 Å². The van der Waals surface area contributed by atoms with Gasteiger partial charge in [0.15, 0.2) is 0 Å². The molecule has 2 atom stereocenters. The molecule has 0 spiro atoms. The van der Waals surface area contributed by atoms with Crippen molar-refractivity contribution in [3.8, 4) is 9.75 Å². The Bertz CT molecular complexity index is 1150. The zero-order valence-corrected chi connectivity index (χ0v) is 22.9. The summed E-state index contributed by atoms with van der Waals surface area (Å²) in [6.45, 7) is 4.93. The van der Waals surface area contributed by atoms with Crippen LogP contribution < -0.4 is 10.0 Å². The topological polar surface area (TPSA) is 98.8 Å². The lowest BCUT2D eigenvalue weighted by molar-refractivity contribution is -0.143. The van der Waals surface area contributed by atoms with Crippen LogP contribution in [0.4, 0.5) is 0 Å². The van der Waals surface area contributed by atoms with E-state index >= 15 is 0 Å². The molecule has 8 nitrogen and oxygen atoms in total. The fourth-order valence-electron chi connectivity index (χ4n) is 4.57. The molecule has 0 aromatic carbocycles. The number of piperidine rings is 1.